The number of aliphatic carboxylic acids is 2. The van der Waals surface area contributed by atoms with Crippen LogP contribution in [0.4, 0.5) is 0 Å². The molecule has 0 unspecified atom stereocenters. The van der Waals surface area contributed by atoms with Gasteiger partial charge in [0.15, 0.2) is 5.60 Å². The summed E-state index contributed by atoms with van der Waals surface area (Å²) < 4.78 is 0. The maximum atomic E-state index is 11.7. The van der Waals surface area contributed by atoms with Crippen molar-refractivity contribution in [2.24, 2.45) is 0 Å². The van der Waals surface area contributed by atoms with E-state index in [2.05, 4.69) is 0 Å². The summed E-state index contributed by atoms with van der Waals surface area (Å²) in [6.45, 7) is 4.84. The third kappa shape index (κ3) is 8.49. The number of carbonyl (C=O) groups is 2. The Hall–Kier alpha value is 1.35. The Bertz CT molecular complexity index is 491. The average Bonchev–Trinajstić information content (AvgIpc) is 2.54. The maximum Gasteiger partial charge on any atom is 1.00 e. The maximum absolute atomic E-state index is 11.7. The SMILES string of the molecule is CCCCN(CCCC)OC(C(=O)[O-])(C(=O)[O-])c1ccccc1.[K+].[K+]. The van der Waals surface area contributed by atoms with Gasteiger partial charge in [-0.1, -0.05) is 57.0 Å². The molecule has 0 bridgehead atoms. The second-order valence-corrected chi connectivity index (χ2v) is 5.35. The van der Waals surface area contributed by atoms with E-state index in [1.165, 1.54) is 17.2 Å². The van der Waals surface area contributed by atoms with Crippen LogP contribution in [-0.4, -0.2) is 30.1 Å². The van der Waals surface area contributed by atoms with Crippen molar-refractivity contribution < 1.29 is 127 Å². The minimum atomic E-state index is -2.65. The van der Waals surface area contributed by atoms with Gasteiger partial charge in [0.05, 0.1) is 11.9 Å². The first-order valence-electron chi connectivity index (χ1n) is 7.91. The Labute approximate surface area is 234 Å². The van der Waals surface area contributed by atoms with Crippen LogP contribution < -0.4 is 113 Å². The van der Waals surface area contributed by atoms with Gasteiger partial charge in [-0.3, -0.25) is 4.84 Å². The second kappa shape index (κ2) is 15.3. The second-order valence-electron chi connectivity index (χ2n) is 5.35. The molecule has 128 valence electrons. The van der Waals surface area contributed by atoms with Gasteiger partial charge in [0, 0.05) is 13.1 Å². The number of unbranched alkanes of at least 4 members (excludes halogenated alkanes) is 2. The fourth-order valence-electron chi connectivity index (χ4n) is 2.18. The van der Waals surface area contributed by atoms with Gasteiger partial charge >= 0.3 is 103 Å². The number of rotatable bonds is 11. The van der Waals surface area contributed by atoms with Gasteiger partial charge in [-0.25, -0.2) is 0 Å². The molecule has 1 rings (SSSR count). The number of carboxylic acids is 2. The van der Waals surface area contributed by atoms with E-state index >= 15 is 0 Å². The molecule has 0 saturated carbocycles. The first kappa shape index (κ1) is 28.6. The average molecular weight is 400 g/mol. The molecule has 0 atom stereocenters. The molecule has 0 amide bonds. The van der Waals surface area contributed by atoms with Gasteiger partial charge in [-0.2, -0.15) is 5.06 Å². The quantitative estimate of drug-likeness (QED) is 0.209. The first-order valence-corrected chi connectivity index (χ1v) is 7.91. The monoisotopic (exact) mass is 399 g/mol. The fourth-order valence-corrected chi connectivity index (χ4v) is 2.18. The molecule has 0 saturated heterocycles. The summed E-state index contributed by atoms with van der Waals surface area (Å²) in [5.74, 6) is -3.69. The van der Waals surface area contributed by atoms with Crippen LogP contribution in [0.15, 0.2) is 30.3 Å². The van der Waals surface area contributed by atoms with Crippen LogP contribution in [0.3, 0.4) is 0 Å². The van der Waals surface area contributed by atoms with Crippen molar-refractivity contribution in [2.45, 2.75) is 45.1 Å². The van der Waals surface area contributed by atoms with Gasteiger partial charge < -0.3 is 19.8 Å². The molecule has 25 heavy (non-hydrogen) atoms. The molecule has 0 aliphatic heterocycles. The number of carbonyl (C=O) groups excluding carboxylic acids is 2. The topological polar surface area (TPSA) is 92.7 Å². The van der Waals surface area contributed by atoms with Crippen molar-refractivity contribution in [3.8, 4) is 0 Å². The summed E-state index contributed by atoms with van der Waals surface area (Å²) >= 11 is 0. The predicted octanol–water partition coefficient (Wildman–Crippen LogP) is -5.78. The zero-order chi connectivity index (χ0) is 17.3. The third-order valence-corrected chi connectivity index (χ3v) is 3.54. The summed E-state index contributed by atoms with van der Waals surface area (Å²) in [5, 5.41) is 24.7. The van der Waals surface area contributed by atoms with Crippen molar-refractivity contribution in [1.29, 1.82) is 0 Å². The molecule has 0 fully saturated rings. The Balaban J connectivity index is 0. The third-order valence-electron chi connectivity index (χ3n) is 3.54. The Morgan fingerprint density at radius 2 is 1.40 bits per heavy atom. The van der Waals surface area contributed by atoms with Gasteiger partial charge in [0.25, 0.3) is 0 Å². The molecule has 0 aliphatic carbocycles. The Morgan fingerprint density at radius 1 is 0.960 bits per heavy atom. The van der Waals surface area contributed by atoms with E-state index < -0.39 is 17.5 Å². The zero-order valence-corrected chi connectivity index (χ0v) is 21.9. The predicted molar refractivity (Wildman–Crippen MR) is 80.6 cm³/mol. The summed E-state index contributed by atoms with van der Waals surface area (Å²) in [4.78, 5) is 28.8. The number of hydrogen-bond acceptors (Lipinski definition) is 6. The van der Waals surface area contributed by atoms with Crippen molar-refractivity contribution in [3.63, 3.8) is 0 Å². The van der Waals surface area contributed by atoms with E-state index in [1.54, 1.807) is 18.2 Å². The number of hydrogen-bond donors (Lipinski definition) is 0. The summed E-state index contributed by atoms with van der Waals surface area (Å²) in [6.07, 6.45) is 3.27. The standard InChI is InChI=1S/C17H25NO5.2K/c1-3-5-12-18(13-6-4-2)23-17(15(19)20,16(21)22)14-10-8-7-9-11-14;;/h7-11H,3-6,12-13H2,1-2H3,(H,19,20)(H,21,22);;/q;2*+1/p-2. The van der Waals surface area contributed by atoms with Crippen LogP contribution in [0.25, 0.3) is 0 Å². The molecule has 0 N–H and O–H groups in total. The number of carboxylic acid groups (broad SMARTS) is 2. The Kier molecular flexibility index (Phi) is 17.5. The van der Waals surface area contributed by atoms with E-state index in [-0.39, 0.29) is 108 Å². The molecule has 0 aromatic heterocycles. The van der Waals surface area contributed by atoms with Crippen LogP contribution in [0, 0.1) is 0 Å². The zero-order valence-electron chi connectivity index (χ0n) is 15.6. The molecule has 8 heteroatoms. The van der Waals surface area contributed by atoms with E-state index in [0.29, 0.717) is 13.1 Å². The van der Waals surface area contributed by atoms with E-state index in [1.807, 2.05) is 13.8 Å². The minimum absolute atomic E-state index is 0. The molecule has 0 spiro atoms. The van der Waals surface area contributed by atoms with Gasteiger partial charge in [0.2, 0.25) is 0 Å². The minimum Gasteiger partial charge on any atom is -0.546 e. The number of hydroxylamine groups is 2. The van der Waals surface area contributed by atoms with Crippen LogP contribution in [0.2, 0.25) is 0 Å². The molecule has 0 radical (unpaired) electrons. The fraction of sp³-hybridized carbons (Fsp3) is 0.529. The molecule has 0 aliphatic rings. The van der Waals surface area contributed by atoms with E-state index in [9.17, 15) is 19.8 Å². The molecule has 0 heterocycles. The summed E-state index contributed by atoms with van der Waals surface area (Å²) in [6, 6.07) is 7.50. The molecular formula is C17H23K2NO5. The first-order chi connectivity index (χ1) is 11.0. The van der Waals surface area contributed by atoms with Gasteiger partial charge in [-0.05, 0) is 18.4 Å². The normalized spacial score (nSPS) is 10.7. The largest absolute Gasteiger partial charge is 1.00 e. The van der Waals surface area contributed by atoms with E-state index in [0.717, 1.165) is 25.7 Å². The van der Waals surface area contributed by atoms with Crippen LogP contribution in [0.1, 0.15) is 45.1 Å². The van der Waals surface area contributed by atoms with Crippen molar-refractivity contribution in [3.05, 3.63) is 35.9 Å². The summed E-state index contributed by atoms with van der Waals surface area (Å²) in [5.41, 5.74) is -2.68. The molecule has 6 nitrogen and oxygen atoms in total. The van der Waals surface area contributed by atoms with Gasteiger partial charge in [-0.15, -0.1) is 0 Å². The van der Waals surface area contributed by atoms with Crippen LogP contribution >= 0.6 is 0 Å². The van der Waals surface area contributed by atoms with Crippen molar-refractivity contribution >= 4 is 11.9 Å². The van der Waals surface area contributed by atoms with Gasteiger partial charge in [0.1, 0.15) is 0 Å². The van der Waals surface area contributed by atoms with Crippen molar-refractivity contribution in [2.75, 3.05) is 13.1 Å². The molecular weight excluding hydrogens is 376 g/mol. The number of benzene rings is 1. The van der Waals surface area contributed by atoms with E-state index in [4.69, 9.17) is 4.84 Å². The number of nitrogens with zero attached hydrogens (tertiary/aromatic N) is 1. The van der Waals surface area contributed by atoms with Crippen LogP contribution in [0.5, 0.6) is 0 Å². The van der Waals surface area contributed by atoms with Crippen molar-refractivity contribution in [1.82, 2.24) is 5.06 Å². The summed E-state index contributed by atoms with van der Waals surface area (Å²) in [7, 11) is 0. The molecule has 1 aromatic carbocycles. The smallest absolute Gasteiger partial charge is 0.546 e. The van der Waals surface area contributed by atoms with Crippen LogP contribution in [-0.2, 0) is 20.0 Å². The molecule has 1 aromatic rings. The Morgan fingerprint density at radius 3 is 1.76 bits per heavy atom.